The quantitative estimate of drug-likeness (QED) is 0.287. The molecule has 1 atom stereocenters. The molecule has 4 nitrogen and oxygen atoms in total. The standard InChI is InChI=1S/C17H22O4/c1-4-6-16(21-17(18)5-2)11-12-20-13-14-7-9-15(19-3)10-8-14/h4-5,7-10,16H,1-2,6,11-13H2,3H3/t16-/m0/s1. The Morgan fingerprint density at radius 3 is 2.57 bits per heavy atom. The third kappa shape index (κ3) is 6.77. The van der Waals surface area contributed by atoms with Crippen LogP contribution in [0.4, 0.5) is 0 Å². The largest absolute Gasteiger partial charge is 0.497 e. The highest BCUT2D eigenvalue weighted by molar-refractivity contribution is 5.81. The summed E-state index contributed by atoms with van der Waals surface area (Å²) in [7, 11) is 1.63. The average molecular weight is 290 g/mol. The second-order valence-electron chi connectivity index (χ2n) is 4.48. The van der Waals surface area contributed by atoms with Crippen molar-refractivity contribution in [1.82, 2.24) is 0 Å². The normalized spacial score (nSPS) is 11.5. The van der Waals surface area contributed by atoms with Crippen molar-refractivity contribution in [3.05, 3.63) is 55.1 Å². The molecule has 1 aromatic rings. The Morgan fingerprint density at radius 2 is 2.00 bits per heavy atom. The van der Waals surface area contributed by atoms with Crippen LogP contribution in [0.5, 0.6) is 5.75 Å². The van der Waals surface area contributed by atoms with E-state index in [1.54, 1.807) is 13.2 Å². The summed E-state index contributed by atoms with van der Waals surface area (Å²) in [6, 6.07) is 7.70. The highest BCUT2D eigenvalue weighted by Gasteiger charge is 2.10. The van der Waals surface area contributed by atoms with Crippen LogP contribution in [-0.2, 0) is 20.9 Å². The number of hydrogen-bond donors (Lipinski definition) is 0. The van der Waals surface area contributed by atoms with E-state index in [0.717, 1.165) is 17.4 Å². The van der Waals surface area contributed by atoms with E-state index in [0.29, 0.717) is 26.1 Å². The van der Waals surface area contributed by atoms with Gasteiger partial charge in [0, 0.05) is 18.9 Å². The van der Waals surface area contributed by atoms with Crippen LogP contribution in [0.2, 0.25) is 0 Å². The molecule has 0 bridgehead atoms. The molecule has 0 radical (unpaired) electrons. The van der Waals surface area contributed by atoms with E-state index in [4.69, 9.17) is 14.2 Å². The van der Waals surface area contributed by atoms with Gasteiger partial charge in [0.2, 0.25) is 0 Å². The summed E-state index contributed by atoms with van der Waals surface area (Å²) < 4.78 is 15.9. The van der Waals surface area contributed by atoms with Gasteiger partial charge >= 0.3 is 5.97 Å². The number of hydrogen-bond acceptors (Lipinski definition) is 4. The molecule has 0 spiro atoms. The Bertz CT molecular complexity index is 450. The first-order valence-electron chi connectivity index (χ1n) is 6.84. The Hall–Kier alpha value is -2.07. The van der Waals surface area contributed by atoms with Crippen molar-refractivity contribution in [3.8, 4) is 5.75 Å². The average Bonchev–Trinajstić information content (AvgIpc) is 2.52. The van der Waals surface area contributed by atoms with Gasteiger partial charge in [0.25, 0.3) is 0 Å². The fourth-order valence-electron chi connectivity index (χ4n) is 1.75. The molecule has 4 heteroatoms. The molecule has 0 fully saturated rings. The van der Waals surface area contributed by atoms with Gasteiger partial charge in [-0.25, -0.2) is 4.79 Å². The number of methoxy groups -OCH3 is 1. The second kappa shape index (κ2) is 9.77. The number of carbonyl (C=O) groups is 1. The summed E-state index contributed by atoms with van der Waals surface area (Å²) in [5.41, 5.74) is 1.07. The van der Waals surface area contributed by atoms with Crippen LogP contribution in [-0.4, -0.2) is 25.8 Å². The van der Waals surface area contributed by atoms with Crippen LogP contribution < -0.4 is 4.74 Å². The van der Waals surface area contributed by atoms with E-state index in [1.165, 1.54) is 0 Å². The molecule has 114 valence electrons. The number of benzene rings is 1. The Kier molecular flexibility index (Phi) is 7.90. The van der Waals surface area contributed by atoms with Gasteiger partial charge in [-0.05, 0) is 17.7 Å². The van der Waals surface area contributed by atoms with Gasteiger partial charge in [-0.2, -0.15) is 0 Å². The van der Waals surface area contributed by atoms with Crippen LogP contribution in [0, 0.1) is 0 Å². The molecule has 0 N–H and O–H groups in total. The zero-order valence-electron chi connectivity index (χ0n) is 12.4. The third-order valence-corrected chi connectivity index (χ3v) is 2.89. The molecule has 0 aliphatic rings. The lowest BCUT2D eigenvalue weighted by Crippen LogP contribution is -2.18. The Balaban J connectivity index is 2.30. The SMILES string of the molecule is C=CC[C@@H](CCOCc1ccc(OC)cc1)OC(=O)C=C. The van der Waals surface area contributed by atoms with Gasteiger partial charge in [-0.3, -0.25) is 0 Å². The Morgan fingerprint density at radius 1 is 1.29 bits per heavy atom. The number of rotatable bonds is 10. The van der Waals surface area contributed by atoms with E-state index in [1.807, 2.05) is 24.3 Å². The molecular weight excluding hydrogens is 268 g/mol. The van der Waals surface area contributed by atoms with Crippen molar-refractivity contribution < 1.29 is 19.0 Å². The van der Waals surface area contributed by atoms with E-state index >= 15 is 0 Å². The van der Waals surface area contributed by atoms with Crippen molar-refractivity contribution in [2.24, 2.45) is 0 Å². The van der Waals surface area contributed by atoms with E-state index in [-0.39, 0.29) is 6.10 Å². The van der Waals surface area contributed by atoms with Gasteiger partial charge in [0.1, 0.15) is 11.9 Å². The van der Waals surface area contributed by atoms with Gasteiger partial charge in [-0.15, -0.1) is 6.58 Å². The lowest BCUT2D eigenvalue weighted by molar-refractivity contribution is -0.143. The van der Waals surface area contributed by atoms with Crippen LogP contribution in [0.3, 0.4) is 0 Å². The van der Waals surface area contributed by atoms with Crippen LogP contribution in [0.1, 0.15) is 18.4 Å². The zero-order valence-corrected chi connectivity index (χ0v) is 12.4. The molecule has 1 rings (SSSR count). The number of esters is 1. The first-order chi connectivity index (χ1) is 10.2. The number of carbonyl (C=O) groups excluding carboxylic acids is 1. The molecular formula is C17H22O4. The van der Waals surface area contributed by atoms with Crippen LogP contribution >= 0.6 is 0 Å². The van der Waals surface area contributed by atoms with E-state index < -0.39 is 5.97 Å². The van der Waals surface area contributed by atoms with Crippen molar-refractivity contribution in [2.75, 3.05) is 13.7 Å². The molecule has 0 saturated heterocycles. The molecule has 0 amide bonds. The lowest BCUT2D eigenvalue weighted by Gasteiger charge is -2.15. The van der Waals surface area contributed by atoms with Gasteiger partial charge in [0.05, 0.1) is 20.3 Å². The van der Waals surface area contributed by atoms with Crippen molar-refractivity contribution in [3.63, 3.8) is 0 Å². The van der Waals surface area contributed by atoms with Crippen LogP contribution in [0.15, 0.2) is 49.6 Å². The maximum absolute atomic E-state index is 11.2. The Labute approximate surface area is 126 Å². The summed E-state index contributed by atoms with van der Waals surface area (Å²) >= 11 is 0. The topological polar surface area (TPSA) is 44.8 Å². The minimum atomic E-state index is -0.419. The molecule has 0 unspecified atom stereocenters. The van der Waals surface area contributed by atoms with E-state index in [2.05, 4.69) is 13.2 Å². The molecule has 21 heavy (non-hydrogen) atoms. The summed E-state index contributed by atoms with van der Waals surface area (Å²) in [5.74, 6) is 0.401. The molecule has 0 aliphatic heterocycles. The van der Waals surface area contributed by atoms with Gasteiger partial charge < -0.3 is 14.2 Å². The summed E-state index contributed by atoms with van der Waals surface area (Å²) in [6.45, 7) is 8.06. The minimum absolute atomic E-state index is 0.219. The molecule has 1 aromatic carbocycles. The molecule has 0 heterocycles. The summed E-state index contributed by atoms with van der Waals surface area (Å²) in [5, 5.41) is 0. The number of ether oxygens (including phenoxy) is 3. The van der Waals surface area contributed by atoms with Crippen molar-refractivity contribution in [1.29, 1.82) is 0 Å². The molecule has 0 aromatic heterocycles. The summed E-state index contributed by atoms with van der Waals surface area (Å²) in [4.78, 5) is 11.2. The highest BCUT2D eigenvalue weighted by atomic mass is 16.5. The predicted molar refractivity (Wildman–Crippen MR) is 82.2 cm³/mol. The second-order valence-corrected chi connectivity index (χ2v) is 4.48. The minimum Gasteiger partial charge on any atom is -0.497 e. The molecule has 0 saturated carbocycles. The first kappa shape index (κ1) is 17.0. The van der Waals surface area contributed by atoms with Gasteiger partial charge in [-0.1, -0.05) is 24.8 Å². The smallest absolute Gasteiger partial charge is 0.330 e. The first-order valence-corrected chi connectivity index (χ1v) is 6.84. The zero-order chi connectivity index (χ0) is 15.5. The van der Waals surface area contributed by atoms with Gasteiger partial charge in [0.15, 0.2) is 0 Å². The fraction of sp³-hybridized carbons (Fsp3) is 0.353. The fourth-order valence-corrected chi connectivity index (χ4v) is 1.75. The van der Waals surface area contributed by atoms with Crippen molar-refractivity contribution >= 4 is 5.97 Å². The molecule has 0 aliphatic carbocycles. The monoisotopic (exact) mass is 290 g/mol. The van der Waals surface area contributed by atoms with Crippen LogP contribution in [0.25, 0.3) is 0 Å². The third-order valence-electron chi connectivity index (χ3n) is 2.89. The van der Waals surface area contributed by atoms with E-state index in [9.17, 15) is 4.79 Å². The summed E-state index contributed by atoms with van der Waals surface area (Å²) in [6.07, 6.45) is 3.90. The highest BCUT2D eigenvalue weighted by Crippen LogP contribution is 2.12. The van der Waals surface area contributed by atoms with Crippen molar-refractivity contribution in [2.45, 2.75) is 25.6 Å². The maximum Gasteiger partial charge on any atom is 0.330 e. The predicted octanol–water partition coefficient (Wildman–Crippen LogP) is 3.28. The maximum atomic E-state index is 11.2. The lowest BCUT2D eigenvalue weighted by atomic mass is 10.2.